The third kappa shape index (κ3) is 7.57. The van der Waals surface area contributed by atoms with E-state index in [0.717, 1.165) is 43.3 Å². The minimum Gasteiger partial charge on any atom is -0.382 e. The summed E-state index contributed by atoms with van der Waals surface area (Å²) in [5, 5.41) is 20.7. The first kappa shape index (κ1) is 24.8. The number of halogens is 1. The zero-order valence-corrected chi connectivity index (χ0v) is 19.6. The van der Waals surface area contributed by atoms with Gasteiger partial charge in [0.2, 0.25) is 0 Å². The zero-order valence-electron chi connectivity index (χ0n) is 17.3. The summed E-state index contributed by atoms with van der Waals surface area (Å²) < 4.78 is 1.64. The molecule has 2 rings (SSSR count). The molecule has 0 aliphatic rings. The van der Waals surface area contributed by atoms with Crippen LogP contribution in [-0.4, -0.2) is 35.4 Å². The first-order valence-electron chi connectivity index (χ1n) is 10.1. The number of rotatable bonds is 10. The number of hydrogen-bond acceptors (Lipinski definition) is 4. The molecule has 0 saturated carbocycles. The van der Waals surface area contributed by atoms with E-state index >= 15 is 0 Å². The Morgan fingerprint density at radius 3 is 2.59 bits per heavy atom. The van der Waals surface area contributed by atoms with E-state index in [0.29, 0.717) is 24.3 Å². The number of nitrogens with two attached hydrogens (primary N) is 1. The van der Waals surface area contributed by atoms with Gasteiger partial charge in [-0.3, -0.25) is 4.99 Å². The van der Waals surface area contributed by atoms with Crippen LogP contribution < -0.4 is 16.4 Å². The van der Waals surface area contributed by atoms with E-state index in [2.05, 4.69) is 40.6 Å². The van der Waals surface area contributed by atoms with Gasteiger partial charge in [0.05, 0.1) is 11.4 Å². The summed E-state index contributed by atoms with van der Waals surface area (Å²) in [4.78, 5) is 4.61. The number of nitrogen functional groups attached to an aromatic ring is 1. The fourth-order valence-electron chi connectivity index (χ4n) is 2.90. The van der Waals surface area contributed by atoms with Crippen LogP contribution in [0.25, 0.3) is 5.69 Å². The van der Waals surface area contributed by atoms with Gasteiger partial charge in [-0.25, -0.2) is 4.68 Å². The van der Waals surface area contributed by atoms with Crippen LogP contribution in [0.4, 0.5) is 5.82 Å². The average Bonchev–Trinajstić information content (AvgIpc) is 3.04. The standard InChI is InChI=1S/C21H31N7.HI/c1-3-5-9-14-25-21(24-4-2)26-15-10-13-19-18(16-22)20(23)28(27-19)17-11-7-6-8-12-17;/h6-8,11-12H,3-5,9-10,13-15,23H2,1-2H3,(H2,24,25,26);1H. The van der Waals surface area contributed by atoms with Crippen molar-refractivity contribution in [1.82, 2.24) is 20.4 Å². The number of nitrogens with zero attached hydrogens (tertiary/aromatic N) is 4. The number of aryl methyl sites for hydroxylation is 1. The van der Waals surface area contributed by atoms with Gasteiger partial charge in [-0.05, 0) is 38.3 Å². The lowest BCUT2D eigenvalue weighted by Crippen LogP contribution is -2.37. The molecule has 0 radical (unpaired) electrons. The monoisotopic (exact) mass is 509 g/mol. The molecule has 7 nitrogen and oxygen atoms in total. The van der Waals surface area contributed by atoms with Gasteiger partial charge in [0.15, 0.2) is 5.96 Å². The van der Waals surface area contributed by atoms with E-state index in [-0.39, 0.29) is 24.0 Å². The molecule has 1 aromatic heterocycles. The first-order chi connectivity index (χ1) is 13.7. The maximum absolute atomic E-state index is 9.48. The number of aromatic nitrogens is 2. The maximum atomic E-state index is 9.48. The van der Waals surface area contributed by atoms with Crippen LogP contribution in [0.15, 0.2) is 35.3 Å². The number of guanidine groups is 1. The summed E-state index contributed by atoms with van der Waals surface area (Å²) >= 11 is 0. The Balaban J connectivity index is 0.00000420. The predicted octanol–water partition coefficient (Wildman–Crippen LogP) is 3.62. The summed E-state index contributed by atoms with van der Waals surface area (Å²) in [5.74, 6) is 1.23. The number of hydrogen-bond donors (Lipinski definition) is 3. The third-order valence-electron chi connectivity index (χ3n) is 4.36. The van der Waals surface area contributed by atoms with E-state index in [9.17, 15) is 5.26 Å². The Kier molecular flexibility index (Phi) is 11.8. The quantitative estimate of drug-likeness (QED) is 0.197. The molecular weight excluding hydrogens is 477 g/mol. The number of nitriles is 1. The fraction of sp³-hybridized carbons (Fsp3) is 0.476. The Hall–Kier alpha value is -2.28. The topological polar surface area (TPSA) is 104 Å². The van der Waals surface area contributed by atoms with Crippen molar-refractivity contribution in [2.24, 2.45) is 4.99 Å². The molecule has 1 aromatic carbocycles. The number of anilines is 1. The number of para-hydroxylation sites is 1. The van der Waals surface area contributed by atoms with Crippen molar-refractivity contribution in [3.63, 3.8) is 0 Å². The summed E-state index contributed by atoms with van der Waals surface area (Å²) in [6.45, 7) is 6.67. The summed E-state index contributed by atoms with van der Waals surface area (Å²) in [6.07, 6.45) is 5.02. The van der Waals surface area contributed by atoms with Gasteiger partial charge >= 0.3 is 0 Å². The lowest BCUT2D eigenvalue weighted by atomic mass is 10.1. The van der Waals surface area contributed by atoms with E-state index in [1.165, 1.54) is 12.8 Å². The Morgan fingerprint density at radius 1 is 1.17 bits per heavy atom. The predicted molar refractivity (Wildman–Crippen MR) is 130 cm³/mol. The van der Waals surface area contributed by atoms with Crippen LogP contribution in [0.5, 0.6) is 0 Å². The van der Waals surface area contributed by atoms with Gasteiger partial charge in [-0.2, -0.15) is 10.4 Å². The van der Waals surface area contributed by atoms with Gasteiger partial charge in [-0.1, -0.05) is 38.0 Å². The van der Waals surface area contributed by atoms with Crippen molar-refractivity contribution in [3.8, 4) is 11.8 Å². The van der Waals surface area contributed by atoms with Crippen molar-refractivity contribution in [2.75, 3.05) is 25.4 Å². The molecule has 0 fully saturated rings. The second-order valence-electron chi connectivity index (χ2n) is 6.56. The van der Waals surface area contributed by atoms with Gasteiger partial charge in [0.25, 0.3) is 0 Å². The normalized spacial score (nSPS) is 10.9. The minimum absolute atomic E-state index is 0. The van der Waals surface area contributed by atoms with E-state index in [1.807, 2.05) is 30.3 Å². The van der Waals surface area contributed by atoms with E-state index in [1.54, 1.807) is 4.68 Å². The van der Waals surface area contributed by atoms with Crippen molar-refractivity contribution in [3.05, 3.63) is 41.6 Å². The van der Waals surface area contributed by atoms with Crippen molar-refractivity contribution >= 4 is 35.8 Å². The van der Waals surface area contributed by atoms with Crippen molar-refractivity contribution in [1.29, 1.82) is 5.26 Å². The van der Waals surface area contributed by atoms with Crippen molar-refractivity contribution in [2.45, 2.75) is 46.0 Å². The van der Waals surface area contributed by atoms with Gasteiger partial charge < -0.3 is 16.4 Å². The molecule has 158 valence electrons. The zero-order chi connectivity index (χ0) is 20.2. The molecule has 0 unspecified atom stereocenters. The van der Waals surface area contributed by atoms with E-state index in [4.69, 9.17) is 5.73 Å². The molecule has 0 spiro atoms. The Bertz CT molecular complexity index is 793. The molecule has 4 N–H and O–H groups in total. The number of aliphatic imine (C=N–C) groups is 1. The summed E-state index contributed by atoms with van der Waals surface area (Å²) in [7, 11) is 0. The molecule has 29 heavy (non-hydrogen) atoms. The number of benzene rings is 1. The Labute approximate surface area is 190 Å². The largest absolute Gasteiger partial charge is 0.382 e. The second-order valence-corrected chi connectivity index (χ2v) is 6.56. The SMILES string of the molecule is CCCCCNC(=NCCCc1nn(-c2ccccc2)c(N)c1C#N)NCC.I. The molecule has 2 aromatic rings. The van der Waals surface area contributed by atoms with E-state index < -0.39 is 0 Å². The van der Waals surface area contributed by atoms with Gasteiger partial charge in [0, 0.05) is 19.6 Å². The number of nitrogens with one attached hydrogen (secondary N) is 2. The summed E-state index contributed by atoms with van der Waals surface area (Å²) in [5.41, 5.74) is 8.18. The maximum Gasteiger partial charge on any atom is 0.191 e. The first-order valence-corrected chi connectivity index (χ1v) is 10.1. The molecule has 0 atom stereocenters. The molecule has 0 amide bonds. The molecule has 1 heterocycles. The summed E-state index contributed by atoms with van der Waals surface area (Å²) in [6, 6.07) is 11.8. The second kappa shape index (κ2) is 13.8. The van der Waals surface area contributed by atoms with Crippen LogP contribution in [0, 0.1) is 11.3 Å². The number of unbranched alkanes of at least 4 members (excludes halogenated alkanes) is 2. The molecule has 0 aliphatic heterocycles. The van der Waals surface area contributed by atoms with Crippen LogP contribution >= 0.6 is 24.0 Å². The lowest BCUT2D eigenvalue weighted by molar-refractivity contribution is 0.681. The highest BCUT2D eigenvalue weighted by Crippen LogP contribution is 2.21. The van der Waals surface area contributed by atoms with Gasteiger partial charge in [0.1, 0.15) is 17.5 Å². The smallest absolute Gasteiger partial charge is 0.191 e. The molecule has 8 heteroatoms. The minimum atomic E-state index is 0. The van der Waals surface area contributed by atoms with Crippen molar-refractivity contribution < 1.29 is 0 Å². The fourth-order valence-corrected chi connectivity index (χ4v) is 2.90. The van der Waals surface area contributed by atoms with Gasteiger partial charge in [-0.15, -0.1) is 24.0 Å². The molecular formula is C21H32IN7. The molecule has 0 aliphatic carbocycles. The Morgan fingerprint density at radius 2 is 1.93 bits per heavy atom. The third-order valence-corrected chi connectivity index (χ3v) is 4.36. The van der Waals surface area contributed by atoms with Crippen LogP contribution in [0.3, 0.4) is 0 Å². The van der Waals surface area contributed by atoms with Crippen LogP contribution in [-0.2, 0) is 6.42 Å². The highest BCUT2D eigenvalue weighted by atomic mass is 127. The molecule has 0 saturated heterocycles. The highest BCUT2D eigenvalue weighted by Gasteiger charge is 2.16. The highest BCUT2D eigenvalue weighted by molar-refractivity contribution is 14.0. The molecule has 0 bridgehead atoms. The van der Waals surface area contributed by atoms with Crippen LogP contribution in [0.2, 0.25) is 0 Å². The van der Waals surface area contributed by atoms with Crippen LogP contribution in [0.1, 0.15) is 50.8 Å². The average molecular weight is 509 g/mol. The lowest BCUT2D eigenvalue weighted by Gasteiger charge is -2.10.